The molecule has 0 saturated carbocycles. The number of fused-ring (bicyclic) bond motifs is 1. The fourth-order valence-electron chi connectivity index (χ4n) is 5.84. The highest BCUT2D eigenvalue weighted by Crippen LogP contribution is 2.33. The number of amides is 2. The van der Waals surface area contributed by atoms with Gasteiger partial charge in [-0.25, -0.2) is 13.2 Å². The van der Waals surface area contributed by atoms with Crippen molar-refractivity contribution in [3.05, 3.63) is 89.5 Å². The number of anilines is 2. The van der Waals surface area contributed by atoms with E-state index in [1.165, 1.54) is 31.4 Å². The number of ether oxygens (including phenoxy) is 2. The van der Waals surface area contributed by atoms with E-state index in [0.717, 1.165) is 40.4 Å². The minimum atomic E-state index is -4.07. The summed E-state index contributed by atoms with van der Waals surface area (Å²) in [6, 6.07) is 20.2. The first-order chi connectivity index (χ1) is 24.1. The second-order valence-corrected chi connectivity index (χ2v) is 14.1. The van der Waals surface area contributed by atoms with E-state index in [2.05, 4.69) is 12.2 Å². The van der Waals surface area contributed by atoms with Crippen molar-refractivity contribution in [2.45, 2.75) is 83.0 Å². The summed E-state index contributed by atoms with van der Waals surface area (Å²) in [5, 5.41) is 10.7. The van der Waals surface area contributed by atoms with E-state index in [4.69, 9.17) is 14.9 Å². The van der Waals surface area contributed by atoms with E-state index in [-0.39, 0.29) is 29.7 Å². The number of unbranched alkanes of at least 4 members (excludes halogenated alkanes) is 5. The summed E-state index contributed by atoms with van der Waals surface area (Å²) in [7, 11) is -4.07. The molecule has 0 atom stereocenters. The molecular weight excluding hydrogens is 657 g/mol. The molecule has 0 aliphatic carbocycles. The molecule has 3 aromatic carbocycles. The molecule has 0 spiro atoms. The summed E-state index contributed by atoms with van der Waals surface area (Å²) in [4.78, 5) is 39.8. The molecule has 3 aromatic rings. The van der Waals surface area contributed by atoms with Gasteiger partial charge in [0.25, 0.3) is 10.0 Å². The number of esters is 1. The maximum absolute atomic E-state index is 13.6. The Bertz CT molecular complexity index is 1710. The molecular formula is C38H48N4O7S. The molecule has 50 heavy (non-hydrogen) atoms. The van der Waals surface area contributed by atoms with Gasteiger partial charge >= 0.3 is 12.1 Å². The molecule has 268 valence electrons. The largest absolute Gasteiger partial charge is 0.465 e. The normalized spacial score (nSPS) is 12.5. The summed E-state index contributed by atoms with van der Waals surface area (Å²) >= 11 is 0. The standard InChI is InChI=1S/C38H48N4O7S/c1-3-5-6-7-8-12-26-49-38(45)40-37(39)30-20-17-29(18-21-30)19-24-35(43)41-25-13-14-31-27-32(22-23-34(31)41)42(28-36(44)48-4-2)50(46,47)33-15-10-9-11-16-33/h9-11,15-18,20-23,27H,3-8,12-14,19,24-26,28H2,1-2H3,(H2,39,40,45). The first-order valence-corrected chi connectivity index (χ1v) is 18.9. The molecule has 2 N–H and O–H groups in total. The number of aryl methyl sites for hydroxylation is 2. The number of carbonyl (C=O) groups excluding carboxylic acids is 3. The van der Waals surface area contributed by atoms with Crippen LogP contribution in [0, 0.1) is 5.41 Å². The molecule has 0 saturated heterocycles. The van der Waals surface area contributed by atoms with E-state index in [0.29, 0.717) is 43.7 Å². The molecule has 2 amide bonds. The maximum atomic E-state index is 13.6. The molecule has 0 radical (unpaired) electrons. The van der Waals surface area contributed by atoms with Crippen LogP contribution in [0.25, 0.3) is 0 Å². The van der Waals surface area contributed by atoms with Crippen LogP contribution in [0.15, 0.2) is 77.7 Å². The number of benzene rings is 3. The molecule has 1 aliphatic rings. The van der Waals surface area contributed by atoms with Gasteiger partial charge in [-0.2, -0.15) is 0 Å². The van der Waals surface area contributed by atoms with E-state index in [1.807, 2.05) is 12.1 Å². The Morgan fingerprint density at radius 3 is 2.34 bits per heavy atom. The number of hydrogen-bond donors (Lipinski definition) is 2. The SMILES string of the molecule is CCCCCCCCOC(=O)NC(=N)c1ccc(CCC(=O)N2CCCc3cc(N(CC(=O)OCC)S(=O)(=O)c4ccccc4)ccc32)cc1. The number of hydrogen-bond acceptors (Lipinski definition) is 8. The number of alkyl carbamates (subject to hydrolysis) is 1. The van der Waals surface area contributed by atoms with Crippen molar-refractivity contribution in [3.8, 4) is 0 Å². The lowest BCUT2D eigenvalue weighted by molar-refractivity contribution is -0.141. The number of carbonyl (C=O) groups is 3. The summed E-state index contributed by atoms with van der Waals surface area (Å²) in [5.74, 6) is -0.781. The lowest BCUT2D eigenvalue weighted by Crippen LogP contribution is -2.38. The summed E-state index contributed by atoms with van der Waals surface area (Å²) in [5.41, 5.74) is 3.30. The van der Waals surface area contributed by atoms with Crippen molar-refractivity contribution in [3.63, 3.8) is 0 Å². The van der Waals surface area contributed by atoms with Crippen LogP contribution < -0.4 is 14.5 Å². The first kappa shape index (κ1) is 38.1. The van der Waals surface area contributed by atoms with Gasteiger partial charge in [0.15, 0.2) is 0 Å². The second kappa shape index (κ2) is 18.9. The predicted molar refractivity (Wildman–Crippen MR) is 194 cm³/mol. The van der Waals surface area contributed by atoms with Gasteiger partial charge in [-0.3, -0.25) is 24.6 Å². The van der Waals surface area contributed by atoms with Crippen LogP contribution in [-0.4, -0.2) is 58.5 Å². The molecule has 0 unspecified atom stereocenters. The third-order valence-electron chi connectivity index (χ3n) is 8.51. The van der Waals surface area contributed by atoms with E-state index >= 15 is 0 Å². The van der Waals surface area contributed by atoms with Crippen molar-refractivity contribution in [2.75, 3.05) is 35.5 Å². The quantitative estimate of drug-likeness (QED) is 0.0683. The molecule has 11 nitrogen and oxygen atoms in total. The Labute approximate surface area is 295 Å². The van der Waals surface area contributed by atoms with Crippen molar-refractivity contribution in [2.24, 2.45) is 0 Å². The topological polar surface area (TPSA) is 146 Å². The lowest BCUT2D eigenvalue weighted by atomic mass is 9.99. The minimum Gasteiger partial charge on any atom is -0.465 e. The van der Waals surface area contributed by atoms with Gasteiger partial charge in [-0.15, -0.1) is 0 Å². The smallest absolute Gasteiger partial charge is 0.412 e. The molecule has 4 rings (SSSR count). The molecule has 0 bridgehead atoms. The summed E-state index contributed by atoms with van der Waals surface area (Å²) < 4.78 is 38.6. The molecule has 1 aliphatic heterocycles. The van der Waals surface area contributed by atoms with Crippen LogP contribution in [-0.2, 0) is 41.9 Å². The van der Waals surface area contributed by atoms with Crippen LogP contribution in [0.3, 0.4) is 0 Å². The van der Waals surface area contributed by atoms with Crippen molar-refractivity contribution in [1.82, 2.24) is 5.32 Å². The Morgan fingerprint density at radius 2 is 1.62 bits per heavy atom. The number of rotatable bonds is 17. The van der Waals surface area contributed by atoms with Gasteiger partial charge in [0.1, 0.15) is 12.4 Å². The average Bonchev–Trinajstić information content (AvgIpc) is 3.12. The zero-order valence-corrected chi connectivity index (χ0v) is 29.8. The number of nitrogens with one attached hydrogen (secondary N) is 2. The lowest BCUT2D eigenvalue weighted by Gasteiger charge is -2.31. The highest BCUT2D eigenvalue weighted by molar-refractivity contribution is 7.92. The fraction of sp³-hybridized carbons (Fsp3) is 0.421. The Hall–Kier alpha value is -4.71. The molecule has 0 aromatic heterocycles. The fourth-order valence-corrected chi connectivity index (χ4v) is 7.26. The van der Waals surface area contributed by atoms with Gasteiger partial charge in [0.2, 0.25) is 5.91 Å². The van der Waals surface area contributed by atoms with E-state index in [9.17, 15) is 22.8 Å². The number of sulfonamides is 1. The summed E-state index contributed by atoms with van der Waals surface area (Å²) in [6.45, 7) is 4.34. The Morgan fingerprint density at radius 1 is 0.900 bits per heavy atom. The van der Waals surface area contributed by atoms with E-state index in [1.54, 1.807) is 60.4 Å². The van der Waals surface area contributed by atoms with Crippen LogP contribution >= 0.6 is 0 Å². The van der Waals surface area contributed by atoms with Crippen molar-refractivity contribution < 1.29 is 32.3 Å². The van der Waals surface area contributed by atoms with Crippen molar-refractivity contribution >= 4 is 45.2 Å². The van der Waals surface area contributed by atoms with Crippen molar-refractivity contribution in [1.29, 1.82) is 5.41 Å². The molecule has 1 heterocycles. The average molecular weight is 705 g/mol. The highest BCUT2D eigenvalue weighted by Gasteiger charge is 2.30. The number of amidine groups is 1. The maximum Gasteiger partial charge on any atom is 0.412 e. The van der Waals surface area contributed by atoms with Gasteiger partial charge in [0.05, 0.1) is 23.8 Å². The van der Waals surface area contributed by atoms with Crippen LogP contribution in [0.5, 0.6) is 0 Å². The minimum absolute atomic E-state index is 0.0535. The zero-order chi connectivity index (χ0) is 35.9. The first-order valence-electron chi connectivity index (χ1n) is 17.4. The molecule has 0 fully saturated rings. The van der Waals surface area contributed by atoms with E-state index < -0.39 is 28.6 Å². The Balaban J connectivity index is 1.35. The number of nitrogens with zero attached hydrogens (tertiary/aromatic N) is 2. The third kappa shape index (κ3) is 10.6. The molecule has 12 heteroatoms. The highest BCUT2D eigenvalue weighted by atomic mass is 32.2. The van der Waals surface area contributed by atoms with Gasteiger partial charge in [0, 0.05) is 24.2 Å². The Kier molecular flexibility index (Phi) is 14.4. The van der Waals surface area contributed by atoms with Gasteiger partial charge in [-0.05, 0) is 74.1 Å². The monoisotopic (exact) mass is 704 g/mol. The second-order valence-electron chi connectivity index (χ2n) is 12.2. The van der Waals surface area contributed by atoms with Crippen LogP contribution in [0.4, 0.5) is 16.2 Å². The van der Waals surface area contributed by atoms with Crippen LogP contribution in [0.1, 0.15) is 81.9 Å². The summed E-state index contributed by atoms with van der Waals surface area (Å²) in [6.07, 6.45) is 7.98. The third-order valence-corrected chi connectivity index (χ3v) is 10.3. The van der Waals surface area contributed by atoms with Gasteiger partial charge < -0.3 is 14.4 Å². The predicted octanol–water partition coefficient (Wildman–Crippen LogP) is 6.77. The zero-order valence-electron chi connectivity index (χ0n) is 29.0. The van der Waals surface area contributed by atoms with Crippen LogP contribution in [0.2, 0.25) is 0 Å². The van der Waals surface area contributed by atoms with Gasteiger partial charge in [-0.1, -0.05) is 81.5 Å².